The van der Waals surface area contributed by atoms with Gasteiger partial charge in [-0.3, -0.25) is 0 Å². The Labute approximate surface area is 96.3 Å². The molecule has 16 heavy (non-hydrogen) atoms. The molecule has 1 N–H and O–H groups in total. The third kappa shape index (κ3) is 1.74. The highest BCUT2D eigenvalue weighted by atomic mass is 16.5. The van der Waals surface area contributed by atoms with Crippen LogP contribution in [0.2, 0.25) is 0 Å². The Morgan fingerprint density at radius 2 is 2.25 bits per heavy atom. The van der Waals surface area contributed by atoms with E-state index in [4.69, 9.17) is 4.74 Å². The maximum atomic E-state index is 5.89. The second-order valence-corrected chi connectivity index (χ2v) is 4.44. The molecule has 0 unspecified atom stereocenters. The van der Waals surface area contributed by atoms with Gasteiger partial charge in [0.2, 0.25) is 0 Å². The van der Waals surface area contributed by atoms with Crippen molar-refractivity contribution >= 4 is 5.57 Å². The van der Waals surface area contributed by atoms with Gasteiger partial charge in [0.05, 0.1) is 0 Å². The SMILES string of the molecule is C1=C(c2cccc3c2OCCNC3)CCC1. The summed E-state index contributed by atoms with van der Waals surface area (Å²) in [5.74, 6) is 1.11. The van der Waals surface area contributed by atoms with Gasteiger partial charge in [-0.1, -0.05) is 24.3 Å². The van der Waals surface area contributed by atoms with Crippen LogP contribution in [0.4, 0.5) is 0 Å². The molecule has 0 saturated carbocycles. The van der Waals surface area contributed by atoms with Gasteiger partial charge in [0.15, 0.2) is 0 Å². The number of hydrogen-bond donors (Lipinski definition) is 1. The molecule has 1 aromatic carbocycles. The molecule has 84 valence electrons. The first-order valence-corrected chi connectivity index (χ1v) is 6.10. The summed E-state index contributed by atoms with van der Waals surface area (Å²) in [6, 6.07) is 6.50. The van der Waals surface area contributed by atoms with Crippen molar-refractivity contribution in [3.63, 3.8) is 0 Å². The molecule has 1 heterocycles. The number of hydrogen-bond acceptors (Lipinski definition) is 2. The number of para-hydroxylation sites is 1. The fraction of sp³-hybridized carbons (Fsp3) is 0.429. The van der Waals surface area contributed by atoms with Crippen LogP contribution in [0.5, 0.6) is 5.75 Å². The summed E-state index contributed by atoms with van der Waals surface area (Å²) in [4.78, 5) is 0. The largest absolute Gasteiger partial charge is 0.491 e. The molecule has 2 nitrogen and oxygen atoms in total. The fourth-order valence-electron chi connectivity index (χ4n) is 2.51. The molecule has 2 aliphatic rings. The zero-order valence-corrected chi connectivity index (χ0v) is 9.46. The van der Waals surface area contributed by atoms with E-state index >= 15 is 0 Å². The van der Waals surface area contributed by atoms with Crippen LogP contribution in [0, 0.1) is 0 Å². The zero-order chi connectivity index (χ0) is 10.8. The average Bonchev–Trinajstić information content (AvgIpc) is 2.73. The minimum atomic E-state index is 0.775. The number of allylic oxidation sites excluding steroid dienone is 2. The molecular weight excluding hydrogens is 198 g/mol. The van der Waals surface area contributed by atoms with Crippen molar-refractivity contribution in [3.05, 3.63) is 35.4 Å². The van der Waals surface area contributed by atoms with Crippen molar-refractivity contribution in [1.29, 1.82) is 0 Å². The minimum Gasteiger partial charge on any atom is -0.491 e. The summed E-state index contributed by atoms with van der Waals surface area (Å²) in [5, 5.41) is 3.38. The van der Waals surface area contributed by atoms with E-state index in [-0.39, 0.29) is 0 Å². The maximum absolute atomic E-state index is 5.89. The van der Waals surface area contributed by atoms with Gasteiger partial charge in [0.1, 0.15) is 12.4 Å². The normalized spacial score (nSPS) is 19.6. The van der Waals surface area contributed by atoms with E-state index in [0.29, 0.717) is 0 Å². The molecule has 0 spiro atoms. The summed E-state index contributed by atoms with van der Waals surface area (Å²) in [5.41, 5.74) is 4.08. The first-order chi connectivity index (χ1) is 7.95. The van der Waals surface area contributed by atoms with Crippen molar-refractivity contribution in [3.8, 4) is 5.75 Å². The summed E-state index contributed by atoms with van der Waals surface area (Å²) in [6.07, 6.45) is 6.07. The Morgan fingerprint density at radius 1 is 1.25 bits per heavy atom. The van der Waals surface area contributed by atoms with Crippen molar-refractivity contribution in [2.45, 2.75) is 25.8 Å². The average molecular weight is 215 g/mol. The van der Waals surface area contributed by atoms with E-state index in [1.165, 1.54) is 36.0 Å². The number of benzene rings is 1. The van der Waals surface area contributed by atoms with Crippen LogP contribution >= 0.6 is 0 Å². The van der Waals surface area contributed by atoms with Crippen molar-refractivity contribution in [2.24, 2.45) is 0 Å². The highest BCUT2D eigenvalue weighted by molar-refractivity contribution is 5.73. The zero-order valence-electron chi connectivity index (χ0n) is 9.46. The first kappa shape index (κ1) is 9.91. The molecule has 0 radical (unpaired) electrons. The second-order valence-electron chi connectivity index (χ2n) is 4.44. The molecule has 0 fully saturated rings. The van der Waals surface area contributed by atoms with Gasteiger partial charge in [-0.2, -0.15) is 0 Å². The topological polar surface area (TPSA) is 21.3 Å². The maximum Gasteiger partial charge on any atom is 0.131 e. The minimum absolute atomic E-state index is 0.775. The van der Waals surface area contributed by atoms with Crippen LogP contribution < -0.4 is 10.1 Å². The standard InChI is InChI=1S/C14H17NO/c1-2-5-11(4-1)13-7-3-6-12-10-15-8-9-16-14(12)13/h3-4,6-7,15H,1-2,5,8-10H2. The Balaban J connectivity index is 2.04. The lowest BCUT2D eigenvalue weighted by Crippen LogP contribution is -2.16. The van der Waals surface area contributed by atoms with Crippen LogP contribution in [0.25, 0.3) is 5.57 Å². The lowest BCUT2D eigenvalue weighted by atomic mass is 10.0. The fourth-order valence-corrected chi connectivity index (χ4v) is 2.51. The molecule has 0 saturated heterocycles. The van der Waals surface area contributed by atoms with Crippen LogP contribution in [-0.2, 0) is 6.54 Å². The van der Waals surface area contributed by atoms with Crippen molar-refractivity contribution < 1.29 is 4.74 Å². The third-order valence-corrected chi connectivity index (χ3v) is 3.32. The van der Waals surface area contributed by atoms with Gasteiger partial charge in [-0.25, -0.2) is 0 Å². The Hall–Kier alpha value is -1.28. The van der Waals surface area contributed by atoms with Gasteiger partial charge >= 0.3 is 0 Å². The Bertz CT molecular complexity index is 423. The summed E-state index contributed by atoms with van der Waals surface area (Å²) >= 11 is 0. The van der Waals surface area contributed by atoms with E-state index in [1.54, 1.807) is 0 Å². The Morgan fingerprint density at radius 3 is 3.12 bits per heavy atom. The molecule has 1 aromatic rings. The number of rotatable bonds is 1. The summed E-state index contributed by atoms with van der Waals surface area (Å²) < 4.78 is 5.89. The quantitative estimate of drug-likeness (QED) is 0.777. The molecule has 3 rings (SSSR count). The number of ether oxygens (including phenoxy) is 1. The first-order valence-electron chi connectivity index (χ1n) is 6.10. The molecule has 0 aromatic heterocycles. The van der Waals surface area contributed by atoms with Gasteiger partial charge < -0.3 is 10.1 Å². The van der Waals surface area contributed by atoms with E-state index in [2.05, 4.69) is 29.6 Å². The van der Waals surface area contributed by atoms with Gasteiger partial charge in [0.25, 0.3) is 0 Å². The van der Waals surface area contributed by atoms with Crippen LogP contribution in [0.1, 0.15) is 30.4 Å². The van der Waals surface area contributed by atoms with E-state index in [0.717, 1.165) is 25.4 Å². The summed E-state index contributed by atoms with van der Waals surface area (Å²) in [6.45, 7) is 2.64. The van der Waals surface area contributed by atoms with Crippen LogP contribution in [0.15, 0.2) is 24.3 Å². The van der Waals surface area contributed by atoms with Gasteiger partial charge in [0, 0.05) is 24.2 Å². The molecule has 0 atom stereocenters. The Kier molecular flexibility index (Phi) is 2.66. The van der Waals surface area contributed by atoms with Crippen molar-refractivity contribution in [2.75, 3.05) is 13.2 Å². The van der Waals surface area contributed by atoms with Gasteiger partial charge in [-0.15, -0.1) is 0 Å². The number of nitrogens with one attached hydrogen (secondary N) is 1. The van der Waals surface area contributed by atoms with E-state index in [9.17, 15) is 0 Å². The molecule has 1 aliphatic carbocycles. The molecular formula is C14H17NO. The highest BCUT2D eigenvalue weighted by Crippen LogP contribution is 2.36. The smallest absolute Gasteiger partial charge is 0.131 e. The monoisotopic (exact) mass is 215 g/mol. The molecule has 2 heteroatoms. The van der Waals surface area contributed by atoms with Gasteiger partial charge in [-0.05, 0) is 24.8 Å². The molecule has 0 bridgehead atoms. The predicted octanol–water partition coefficient (Wildman–Crippen LogP) is 2.74. The lowest BCUT2D eigenvalue weighted by Gasteiger charge is -2.13. The number of fused-ring (bicyclic) bond motifs is 1. The van der Waals surface area contributed by atoms with E-state index < -0.39 is 0 Å². The van der Waals surface area contributed by atoms with Crippen molar-refractivity contribution in [1.82, 2.24) is 5.32 Å². The third-order valence-electron chi connectivity index (χ3n) is 3.32. The lowest BCUT2D eigenvalue weighted by molar-refractivity contribution is 0.325. The van der Waals surface area contributed by atoms with E-state index in [1.807, 2.05) is 0 Å². The summed E-state index contributed by atoms with van der Waals surface area (Å²) in [7, 11) is 0. The van der Waals surface area contributed by atoms with Crippen LogP contribution in [-0.4, -0.2) is 13.2 Å². The highest BCUT2D eigenvalue weighted by Gasteiger charge is 2.16. The van der Waals surface area contributed by atoms with Crippen LogP contribution in [0.3, 0.4) is 0 Å². The predicted molar refractivity (Wildman–Crippen MR) is 65.5 cm³/mol. The molecule has 1 aliphatic heterocycles. The molecule has 0 amide bonds. The second kappa shape index (κ2) is 4.30.